The van der Waals surface area contributed by atoms with Crippen molar-refractivity contribution in [2.24, 2.45) is 0 Å². The summed E-state index contributed by atoms with van der Waals surface area (Å²) in [4.78, 5) is 14.3. The number of carbonyl (C=O) groups excluding carboxylic acids is 1. The van der Waals surface area contributed by atoms with Crippen LogP contribution in [0, 0.1) is 25.2 Å². The number of para-hydroxylation sites is 1. The van der Waals surface area contributed by atoms with Crippen LogP contribution in [0.1, 0.15) is 34.5 Å². The zero-order valence-electron chi connectivity index (χ0n) is 16.5. The van der Waals surface area contributed by atoms with E-state index in [1.54, 1.807) is 17.0 Å². The van der Waals surface area contributed by atoms with Crippen molar-refractivity contribution in [3.8, 4) is 11.8 Å². The van der Waals surface area contributed by atoms with E-state index in [0.29, 0.717) is 24.9 Å². The van der Waals surface area contributed by atoms with Gasteiger partial charge in [0.25, 0.3) is 0 Å². The van der Waals surface area contributed by atoms with Crippen LogP contribution in [-0.4, -0.2) is 27.6 Å². The van der Waals surface area contributed by atoms with Crippen LogP contribution in [-0.2, 0) is 17.8 Å². The summed E-state index contributed by atoms with van der Waals surface area (Å²) >= 11 is 0. The molecule has 28 heavy (non-hydrogen) atoms. The fraction of sp³-hybridized carbons (Fsp3) is 0.261. The smallest absolute Gasteiger partial charge is 0.222 e. The lowest BCUT2D eigenvalue weighted by atomic mass is 10.1. The number of nitrogens with zero attached hydrogens (tertiary/aromatic N) is 4. The van der Waals surface area contributed by atoms with Gasteiger partial charge < -0.3 is 4.90 Å². The van der Waals surface area contributed by atoms with Crippen molar-refractivity contribution in [2.75, 3.05) is 7.05 Å². The molecule has 5 heteroatoms. The highest BCUT2D eigenvalue weighted by Gasteiger charge is 2.17. The van der Waals surface area contributed by atoms with Crippen LogP contribution >= 0.6 is 0 Å². The molecule has 1 heterocycles. The molecule has 2 aromatic carbocycles. The minimum Gasteiger partial charge on any atom is -0.341 e. The lowest BCUT2D eigenvalue weighted by molar-refractivity contribution is -0.130. The molecule has 1 amide bonds. The third kappa shape index (κ3) is 4.29. The van der Waals surface area contributed by atoms with Gasteiger partial charge in [-0.05, 0) is 50.1 Å². The Morgan fingerprint density at radius 3 is 2.43 bits per heavy atom. The van der Waals surface area contributed by atoms with Crippen molar-refractivity contribution in [3.05, 3.63) is 82.7 Å². The Hall–Kier alpha value is -3.39. The predicted molar refractivity (Wildman–Crippen MR) is 109 cm³/mol. The molecule has 0 aliphatic heterocycles. The largest absolute Gasteiger partial charge is 0.341 e. The molecular weight excluding hydrogens is 348 g/mol. The van der Waals surface area contributed by atoms with Gasteiger partial charge in [0.15, 0.2) is 0 Å². The standard InChI is InChI=1S/C23H24N4O/c1-17-22(18(2)27(25-17)21-7-5-4-6-8-21)16-26(3)23(28)14-13-19-9-11-20(15-24)12-10-19/h4-12H,13-14,16H2,1-3H3. The van der Waals surface area contributed by atoms with Crippen LogP contribution in [0.4, 0.5) is 0 Å². The number of hydrogen-bond acceptors (Lipinski definition) is 3. The molecule has 0 aliphatic rings. The Labute approximate surface area is 165 Å². The van der Waals surface area contributed by atoms with Gasteiger partial charge in [-0.25, -0.2) is 4.68 Å². The van der Waals surface area contributed by atoms with Crippen molar-refractivity contribution >= 4 is 5.91 Å². The fourth-order valence-corrected chi connectivity index (χ4v) is 3.24. The highest BCUT2D eigenvalue weighted by Crippen LogP contribution is 2.19. The van der Waals surface area contributed by atoms with Gasteiger partial charge >= 0.3 is 0 Å². The molecule has 0 fully saturated rings. The molecule has 0 saturated carbocycles. The van der Waals surface area contributed by atoms with Gasteiger partial charge in [0.1, 0.15) is 0 Å². The number of nitriles is 1. The lowest BCUT2D eigenvalue weighted by Gasteiger charge is -2.18. The maximum absolute atomic E-state index is 12.6. The Bertz CT molecular complexity index is 998. The average Bonchev–Trinajstić information content (AvgIpc) is 3.01. The molecule has 0 spiro atoms. The number of aryl methyl sites for hydroxylation is 2. The number of benzene rings is 2. The molecule has 142 valence electrons. The van der Waals surface area contributed by atoms with E-state index in [4.69, 9.17) is 5.26 Å². The summed E-state index contributed by atoms with van der Waals surface area (Å²) in [6, 6.07) is 19.5. The second kappa shape index (κ2) is 8.53. The molecule has 5 nitrogen and oxygen atoms in total. The number of carbonyl (C=O) groups is 1. The van der Waals surface area contributed by atoms with Gasteiger partial charge in [-0.3, -0.25) is 4.79 Å². The second-order valence-corrected chi connectivity index (χ2v) is 6.96. The summed E-state index contributed by atoms with van der Waals surface area (Å²) in [6.45, 7) is 4.56. The molecule has 0 saturated heterocycles. The minimum atomic E-state index is 0.0932. The van der Waals surface area contributed by atoms with Crippen molar-refractivity contribution in [2.45, 2.75) is 33.2 Å². The van der Waals surface area contributed by atoms with E-state index in [-0.39, 0.29) is 5.91 Å². The maximum Gasteiger partial charge on any atom is 0.222 e. The van der Waals surface area contributed by atoms with Gasteiger partial charge in [0, 0.05) is 31.3 Å². The number of hydrogen-bond donors (Lipinski definition) is 0. The van der Waals surface area contributed by atoms with Gasteiger partial charge in [-0.15, -0.1) is 0 Å². The van der Waals surface area contributed by atoms with E-state index >= 15 is 0 Å². The zero-order valence-corrected chi connectivity index (χ0v) is 16.5. The maximum atomic E-state index is 12.6. The highest BCUT2D eigenvalue weighted by molar-refractivity contribution is 5.76. The molecule has 0 aliphatic carbocycles. The first-order valence-electron chi connectivity index (χ1n) is 9.33. The van der Waals surface area contributed by atoms with Gasteiger partial charge in [0.2, 0.25) is 5.91 Å². The van der Waals surface area contributed by atoms with Gasteiger partial charge in [0.05, 0.1) is 23.0 Å². The summed E-state index contributed by atoms with van der Waals surface area (Å²) in [5, 5.41) is 13.5. The van der Waals surface area contributed by atoms with E-state index < -0.39 is 0 Å². The van der Waals surface area contributed by atoms with Crippen LogP contribution in [0.25, 0.3) is 5.69 Å². The third-order valence-electron chi connectivity index (χ3n) is 4.97. The lowest BCUT2D eigenvalue weighted by Crippen LogP contribution is -2.27. The van der Waals surface area contributed by atoms with Crippen molar-refractivity contribution in [3.63, 3.8) is 0 Å². The topological polar surface area (TPSA) is 61.9 Å². The van der Waals surface area contributed by atoms with Crippen LogP contribution in [0.5, 0.6) is 0 Å². The van der Waals surface area contributed by atoms with Crippen molar-refractivity contribution in [1.82, 2.24) is 14.7 Å². The first kappa shape index (κ1) is 19.4. The van der Waals surface area contributed by atoms with E-state index in [1.807, 2.05) is 68.0 Å². The van der Waals surface area contributed by atoms with E-state index in [0.717, 1.165) is 28.2 Å². The molecule has 0 atom stereocenters. The van der Waals surface area contributed by atoms with Crippen molar-refractivity contribution in [1.29, 1.82) is 5.26 Å². The fourth-order valence-electron chi connectivity index (χ4n) is 3.24. The summed E-state index contributed by atoms with van der Waals surface area (Å²) in [5.41, 5.74) is 5.78. The Morgan fingerprint density at radius 1 is 1.11 bits per heavy atom. The summed E-state index contributed by atoms with van der Waals surface area (Å²) in [6.07, 6.45) is 1.10. The zero-order chi connectivity index (χ0) is 20.1. The van der Waals surface area contributed by atoms with E-state index in [9.17, 15) is 4.79 Å². The van der Waals surface area contributed by atoms with Gasteiger partial charge in [-0.1, -0.05) is 30.3 Å². The predicted octanol–water partition coefficient (Wildman–Crippen LogP) is 3.95. The third-order valence-corrected chi connectivity index (χ3v) is 4.97. The summed E-state index contributed by atoms with van der Waals surface area (Å²) in [7, 11) is 1.83. The molecule has 0 N–H and O–H groups in total. The molecule has 0 radical (unpaired) electrons. The second-order valence-electron chi connectivity index (χ2n) is 6.96. The monoisotopic (exact) mass is 372 g/mol. The van der Waals surface area contributed by atoms with Crippen LogP contribution < -0.4 is 0 Å². The molecular formula is C23H24N4O. The number of amides is 1. The highest BCUT2D eigenvalue weighted by atomic mass is 16.2. The number of rotatable bonds is 6. The Kier molecular flexibility index (Phi) is 5.90. The minimum absolute atomic E-state index is 0.0932. The van der Waals surface area contributed by atoms with E-state index in [1.165, 1.54) is 0 Å². The number of aromatic nitrogens is 2. The average molecular weight is 372 g/mol. The quantitative estimate of drug-likeness (QED) is 0.658. The van der Waals surface area contributed by atoms with Crippen LogP contribution in [0.15, 0.2) is 54.6 Å². The summed E-state index contributed by atoms with van der Waals surface area (Å²) in [5.74, 6) is 0.0932. The van der Waals surface area contributed by atoms with Crippen LogP contribution in [0.2, 0.25) is 0 Å². The molecule has 0 bridgehead atoms. The van der Waals surface area contributed by atoms with Crippen LogP contribution in [0.3, 0.4) is 0 Å². The van der Waals surface area contributed by atoms with Crippen molar-refractivity contribution < 1.29 is 4.79 Å². The Morgan fingerprint density at radius 2 is 1.79 bits per heavy atom. The first-order chi connectivity index (χ1) is 13.5. The molecule has 0 unspecified atom stereocenters. The molecule has 3 aromatic rings. The van der Waals surface area contributed by atoms with E-state index in [2.05, 4.69) is 11.2 Å². The summed E-state index contributed by atoms with van der Waals surface area (Å²) < 4.78 is 1.93. The molecule has 1 aromatic heterocycles. The first-order valence-corrected chi connectivity index (χ1v) is 9.33. The normalized spacial score (nSPS) is 10.5. The SMILES string of the molecule is Cc1nn(-c2ccccc2)c(C)c1CN(C)C(=O)CCc1ccc(C#N)cc1. The van der Waals surface area contributed by atoms with Gasteiger partial charge in [-0.2, -0.15) is 10.4 Å². The molecule has 3 rings (SSSR count). The Balaban J connectivity index is 1.65.